The fraction of sp³-hybridized carbons (Fsp3) is 0.417. The molecule has 4 aromatic rings. The van der Waals surface area contributed by atoms with Gasteiger partial charge in [-0.25, -0.2) is 19.2 Å². The van der Waals surface area contributed by atoms with Crippen molar-refractivity contribution in [1.82, 2.24) is 0 Å². The normalized spacial score (nSPS) is 18.9. The maximum absolute atomic E-state index is 11.0. The summed E-state index contributed by atoms with van der Waals surface area (Å²) in [5.41, 5.74) is 5.59. The number of aromatic carboxylic acids is 4. The van der Waals surface area contributed by atoms with E-state index in [1.54, 1.807) is 48.5 Å². The van der Waals surface area contributed by atoms with Crippen LogP contribution in [0.25, 0.3) is 0 Å². The van der Waals surface area contributed by atoms with Crippen LogP contribution in [0.2, 0.25) is 0 Å². The van der Waals surface area contributed by atoms with Gasteiger partial charge in [-0.05, 0) is 48.5 Å². The highest BCUT2D eigenvalue weighted by atomic mass is 35.5. The first-order chi connectivity index (χ1) is 31.0. The predicted molar refractivity (Wildman–Crippen MR) is 242 cm³/mol. The SMILES string of the molecule is O.O.O=C(O)c1ccc(C[NH+]2CCOCC[NH+](Cc3ccc(C(=O)O)cc3)CCOCC2)cc1.O=C(O)c1ccc(C[NH+]2CCOCC[NH+](Cc3ccc(C(=O)O)cc3)CCOCC2)cc1.[Cl-].[Cl-].[Cl-].[Cl-]. The van der Waals surface area contributed by atoms with E-state index in [1.807, 2.05) is 48.5 Å². The van der Waals surface area contributed by atoms with Crippen LogP contribution in [-0.4, -0.2) is 160 Å². The average Bonchev–Trinajstić information content (AvgIpc) is 3.27. The maximum atomic E-state index is 11.0. The molecule has 0 atom stereocenters. The fourth-order valence-corrected chi connectivity index (χ4v) is 7.56. The van der Waals surface area contributed by atoms with Gasteiger partial charge in [0.15, 0.2) is 0 Å². The van der Waals surface area contributed by atoms with Gasteiger partial charge in [-0.3, -0.25) is 0 Å². The molecular formula is C48H68Cl4N4O14. The molecule has 70 heavy (non-hydrogen) atoms. The van der Waals surface area contributed by atoms with E-state index in [4.69, 9.17) is 39.4 Å². The lowest BCUT2D eigenvalue weighted by molar-refractivity contribution is -0.921. The Balaban J connectivity index is 0. The van der Waals surface area contributed by atoms with E-state index in [0.29, 0.717) is 75.1 Å². The van der Waals surface area contributed by atoms with Gasteiger partial charge in [0.05, 0.1) is 75.1 Å². The summed E-state index contributed by atoms with van der Waals surface area (Å²) in [4.78, 5) is 49.5. The highest BCUT2D eigenvalue weighted by Crippen LogP contribution is 2.06. The van der Waals surface area contributed by atoms with Crippen LogP contribution < -0.4 is 69.2 Å². The van der Waals surface area contributed by atoms with Crippen LogP contribution in [0, 0.1) is 0 Å². The van der Waals surface area contributed by atoms with Gasteiger partial charge in [0.2, 0.25) is 0 Å². The molecule has 0 aromatic heterocycles. The Bertz CT molecular complexity index is 1740. The summed E-state index contributed by atoms with van der Waals surface area (Å²) in [5, 5.41) is 36.2. The molecule has 2 fully saturated rings. The molecule has 0 radical (unpaired) electrons. The predicted octanol–water partition coefficient (Wildman–Crippen LogP) is -14.4. The van der Waals surface area contributed by atoms with Gasteiger partial charge in [-0.2, -0.15) is 0 Å². The average molecular weight is 1070 g/mol. The Kier molecular flexibility index (Phi) is 36.0. The third-order valence-corrected chi connectivity index (χ3v) is 11.4. The number of ether oxygens (including phenoxy) is 4. The fourth-order valence-electron chi connectivity index (χ4n) is 7.56. The zero-order chi connectivity index (χ0) is 45.5. The molecule has 0 bridgehead atoms. The zero-order valence-corrected chi connectivity index (χ0v) is 42.0. The van der Waals surface area contributed by atoms with Crippen molar-refractivity contribution in [3.8, 4) is 0 Å². The number of halogens is 4. The van der Waals surface area contributed by atoms with Crippen LogP contribution in [0.5, 0.6) is 0 Å². The second-order valence-electron chi connectivity index (χ2n) is 16.2. The first kappa shape index (κ1) is 67.6. The summed E-state index contributed by atoms with van der Waals surface area (Å²) in [5.74, 6) is -3.65. The van der Waals surface area contributed by atoms with Crippen LogP contribution in [-0.2, 0) is 45.1 Å². The number of hydrogen-bond donors (Lipinski definition) is 8. The van der Waals surface area contributed by atoms with Crippen molar-refractivity contribution in [2.45, 2.75) is 26.2 Å². The van der Waals surface area contributed by atoms with E-state index in [9.17, 15) is 19.2 Å². The van der Waals surface area contributed by atoms with Gasteiger partial charge in [-0.15, -0.1) is 0 Å². The molecule has 4 aromatic carbocycles. The summed E-state index contributed by atoms with van der Waals surface area (Å²) in [6.07, 6.45) is 0. The van der Waals surface area contributed by atoms with Gasteiger partial charge in [0, 0.05) is 22.3 Å². The lowest BCUT2D eigenvalue weighted by atomic mass is 10.1. The van der Waals surface area contributed by atoms with Crippen molar-refractivity contribution in [2.75, 3.05) is 105 Å². The van der Waals surface area contributed by atoms with Crippen molar-refractivity contribution < 1.29 is 139 Å². The topological polar surface area (TPSA) is 267 Å². The molecule has 12 N–H and O–H groups in total. The molecule has 2 saturated heterocycles. The second kappa shape index (κ2) is 37.3. The van der Waals surface area contributed by atoms with Crippen molar-refractivity contribution in [3.63, 3.8) is 0 Å². The first-order valence-electron chi connectivity index (χ1n) is 22.0. The molecule has 0 aliphatic carbocycles. The van der Waals surface area contributed by atoms with Gasteiger partial charge in [0.25, 0.3) is 0 Å². The smallest absolute Gasteiger partial charge is 0.335 e. The summed E-state index contributed by atoms with van der Waals surface area (Å²) in [6, 6.07) is 28.2. The van der Waals surface area contributed by atoms with Gasteiger partial charge >= 0.3 is 23.9 Å². The van der Waals surface area contributed by atoms with Crippen LogP contribution in [0.15, 0.2) is 97.1 Å². The molecule has 6 rings (SSSR count). The Morgan fingerprint density at radius 3 is 0.586 bits per heavy atom. The minimum absolute atomic E-state index is 0. The third-order valence-electron chi connectivity index (χ3n) is 11.4. The number of carbonyl (C=O) groups is 4. The van der Waals surface area contributed by atoms with E-state index in [1.165, 1.54) is 19.6 Å². The van der Waals surface area contributed by atoms with Crippen molar-refractivity contribution >= 4 is 23.9 Å². The Morgan fingerprint density at radius 1 is 0.314 bits per heavy atom. The van der Waals surface area contributed by atoms with Crippen molar-refractivity contribution in [2.24, 2.45) is 0 Å². The number of benzene rings is 4. The Labute approximate surface area is 433 Å². The third kappa shape index (κ3) is 25.1. The number of hydrogen-bond acceptors (Lipinski definition) is 8. The molecule has 2 aliphatic heterocycles. The van der Waals surface area contributed by atoms with Gasteiger partial charge in [0.1, 0.15) is 78.5 Å². The molecule has 0 spiro atoms. The van der Waals surface area contributed by atoms with E-state index in [-0.39, 0.29) is 60.6 Å². The number of quaternary nitrogens is 4. The van der Waals surface area contributed by atoms with Gasteiger partial charge in [-0.1, -0.05) is 48.5 Å². The largest absolute Gasteiger partial charge is 1.00 e. The van der Waals surface area contributed by atoms with Crippen LogP contribution in [0.1, 0.15) is 63.7 Å². The van der Waals surface area contributed by atoms with Crippen LogP contribution in [0.4, 0.5) is 0 Å². The lowest BCUT2D eigenvalue weighted by Crippen LogP contribution is -3.12. The zero-order valence-electron chi connectivity index (χ0n) is 38.9. The van der Waals surface area contributed by atoms with E-state index < -0.39 is 23.9 Å². The molecule has 0 amide bonds. The molecule has 0 saturated carbocycles. The first-order valence-corrected chi connectivity index (χ1v) is 22.0. The Morgan fingerprint density at radius 2 is 0.457 bits per heavy atom. The molecule has 392 valence electrons. The van der Waals surface area contributed by atoms with Crippen molar-refractivity contribution in [1.29, 1.82) is 0 Å². The highest BCUT2D eigenvalue weighted by Gasteiger charge is 2.18. The van der Waals surface area contributed by atoms with Gasteiger partial charge < -0.3 is 120 Å². The molecule has 22 heteroatoms. The monoisotopic (exact) mass is 1060 g/mol. The molecule has 2 heterocycles. The number of rotatable bonds is 12. The maximum Gasteiger partial charge on any atom is 0.335 e. The van der Waals surface area contributed by atoms with Crippen molar-refractivity contribution in [3.05, 3.63) is 142 Å². The summed E-state index contributed by atoms with van der Waals surface area (Å²) in [6.45, 7) is 15.3. The van der Waals surface area contributed by atoms with Crippen LogP contribution in [0.3, 0.4) is 0 Å². The molecular weight excluding hydrogens is 998 g/mol. The number of nitrogens with one attached hydrogen (secondary N) is 4. The van der Waals surface area contributed by atoms with Crippen LogP contribution >= 0.6 is 0 Å². The summed E-state index contributed by atoms with van der Waals surface area (Å²) in [7, 11) is 0. The van der Waals surface area contributed by atoms with E-state index in [2.05, 4.69) is 0 Å². The minimum atomic E-state index is -0.912. The molecule has 2 aliphatic rings. The lowest BCUT2D eigenvalue weighted by Gasteiger charge is -2.23. The summed E-state index contributed by atoms with van der Waals surface area (Å²) < 4.78 is 23.6. The van der Waals surface area contributed by atoms with E-state index in [0.717, 1.165) is 101 Å². The highest BCUT2D eigenvalue weighted by molar-refractivity contribution is 5.88. The minimum Gasteiger partial charge on any atom is -1.00 e. The Hall–Kier alpha value is -4.48. The number of carboxylic acids is 4. The molecule has 0 unspecified atom stereocenters. The quantitative estimate of drug-likeness (QED) is 0.0658. The molecule has 18 nitrogen and oxygen atoms in total. The second-order valence-corrected chi connectivity index (χ2v) is 16.2. The summed E-state index contributed by atoms with van der Waals surface area (Å²) >= 11 is 0. The van der Waals surface area contributed by atoms with E-state index >= 15 is 0 Å². The standard InChI is InChI=1S/2C24H30N2O6.4ClH.2H2O/c2*27-23(28)21-5-1-19(2-6-21)17-25-9-13-31-15-11-26(12-16-32-14-10-25)18-20-3-7-22(8-4-20)24(29)30;;;;;;/h2*1-8H,9-18H2,(H,27,28)(H,29,30);4*1H;2*1H2. The number of carboxylic acid groups (broad SMARTS) is 4.